The second kappa shape index (κ2) is 9.18. The Balaban J connectivity index is 1.35. The number of nitrogens with one attached hydrogen (secondary N) is 1. The molecule has 1 fully saturated rings. The van der Waals surface area contributed by atoms with Crippen LogP contribution in [0.25, 0.3) is 10.2 Å². The van der Waals surface area contributed by atoms with Gasteiger partial charge in [-0.3, -0.25) is 9.59 Å². The first-order chi connectivity index (χ1) is 14.2. The number of hydrogen-bond donors (Lipinski definition) is 1. The van der Waals surface area contributed by atoms with Crippen LogP contribution in [0.1, 0.15) is 42.2 Å². The van der Waals surface area contributed by atoms with Gasteiger partial charge in [-0.25, -0.2) is 4.98 Å². The van der Waals surface area contributed by atoms with Gasteiger partial charge in [0.15, 0.2) is 6.61 Å². The molecule has 1 amide bonds. The first-order valence-electron chi connectivity index (χ1n) is 10.0. The molecule has 0 saturated heterocycles. The summed E-state index contributed by atoms with van der Waals surface area (Å²) in [6, 6.07) is 17.7. The third-order valence-corrected chi connectivity index (χ3v) is 6.54. The molecule has 1 heterocycles. The van der Waals surface area contributed by atoms with Crippen LogP contribution in [0, 0.1) is 5.92 Å². The van der Waals surface area contributed by atoms with Crippen LogP contribution in [-0.2, 0) is 20.9 Å². The summed E-state index contributed by atoms with van der Waals surface area (Å²) in [5.41, 5.74) is 1.99. The third-order valence-electron chi connectivity index (χ3n) is 5.37. The number of para-hydroxylation sites is 1. The number of esters is 1. The van der Waals surface area contributed by atoms with Crippen molar-refractivity contribution in [3.05, 3.63) is 65.2 Å². The van der Waals surface area contributed by atoms with Gasteiger partial charge in [-0.2, -0.15) is 0 Å². The molecular formula is C23H24N2O3S. The van der Waals surface area contributed by atoms with E-state index in [0.29, 0.717) is 6.54 Å². The molecule has 1 saturated carbocycles. The van der Waals surface area contributed by atoms with E-state index in [4.69, 9.17) is 9.72 Å². The van der Waals surface area contributed by atoms with Gasteiger partial charge in [0, 0.05) is 12.5 Å². The molecule has 0 aliphatic heterocycles. The molecule has 2 atom stereocenters. The van der Waals surface area contributed by atoms with Gasteiger partial charge in [-0.05, 0) is 30.5 Å². The zero-order chi connectivity index (χ0) is 20.1. The van der Waals surface area contributed by atoms with Crippen molar-refractivity contribution >= 4 is 33.4 Å². The van der Waals surface area contributed by atoms with E-state index in [1.807, 2.05) is 48.5 Å². The lowest BCUT2D eigenvalue weighted by molar-refractivity contribution is -0.154. The summed E-state index contributed by atoms with van der Waals surface area (Å²) in [5.74, 6) is -0.731. The quantitative estimate of drug-likeness (QED) is 0.613. The number of aromatic nitrogens is 1. The van der Waals surface area contributed by atoms with Crippen LogP contribution in [0.2, 0.25) is 0 Å². The summed E-state index contributed by atoms with van der Waals surface area (Å²) in [5, 5.41) is 3.79. The zero-order valence-electron chi connectivity index (χ0n) is 16.2. The van der Waals surface area contributed by atoms with Gasteiger partial charge in [0.1, 0.15) is 0 Å². The van der Waals surface area contributed by atoms with Gasteiger partial charge in [-0.15, -0.1) is 11.3 Å². The molecule has 150 valence electrons. The van der Waals surface area contributed by atoms with Gasteiger partial charge in [-0.1, -0.05) is 55.3 Å². The Bertz CT molecular complexity index is 953. The average molecular weight is 409 g/mol. The minimum atomic E-state index is -0.288. The monoisotopic (exact) mass is 408 g/mol. The minimum Gasteiger partial charge on any atom is -0.455 e. The molecule has 29 heavy (non-hydrogen) atoms. The molecule has 3 aromatic rings. The number of rotatable bonds is 6. The molecular weight excluding hydrogens is 384 g/mol. The number of fused-ring (bicyclic) bond motifs is 1. The summed E-state index contributed by atoms with van der Waals surface area (Å²) in [7, 11) is 0. The fraction of sp³-hybridized carbons (Fsp3) is 0.348. The average Bonchev–Trinajstić information content (AvgIpc) is 3.21. The smallest absolute Gasteiger partial charge is 0.310 e. The van der Waals surface area contributed by atoms with Crippen molar-refractivity contribution in [2.75, 3.05) is 6.61 Å². The van der Waals surface area contributed by atoms with E-state index in [9.17, 15) is 9.59 Å². The Morgan fingerprint density at radius 2 is 1.79 bits per heavy atom. The SMILES string of the molecule is O=C(COC(=O)[C@H]1CCCC[C@@H]1c1nc2ccccc2s1)NCc1ccccc1. The molecule has 0 radical (unpaired) electrons. The van der Waals surface area contributed by atoms with Gasteiger partial charge < -0.3 is 10.1 Å². The van der Waals surface area contributed by atoms with Crippen molar-refractivity contribution in [1.82, 2.24) is 10.3 Å². The highest BCUT2D eigenvalue weighted by Crippen LogP contribution is 2.41. The second-order valence-corrected chi connectivity index (χ2v) is 8.45. The molecule has 1 aliphatic rings. The first-order valence-corrected chi connectivity index (χ1v) is 10.8. The summed E-state index contributed by atoms with van der Waals surface area (Å²) >= 11 is 1.66. The lowest BCUT2D eigenvalue weighted by Crippen LogP contribution is -2.32. The summed E-state index contributed by atoms with van der Waals surface area (Å²) in [6.45, 7) is 0.184. The fourth-order valence-electron chi connectivity index (χ4n) is 3.85. The number of nitrogens with zero attached hydrogens (tertiary/aromatic N) is 1. The van der Waals surface area contributed by atoms with Crippen molar-refractivity contribution in [3.8, 4) is 0 Å². The van der Waals surface area contributed by atoms with E-state index in [1.165, 1.54) is 0 Å². The van der Waals surface area contributed by atoms with E-state index < -0.39 is 0 Å². The summed E-state index contributed by atoms with van der Waals surface area (Å²) in [6.07, 6.45) is 3.80. The van der Waals surface area contributed by atoms with Gasteiger partial charge in [0.25, 0.3) is 5.91 Å². The van der Waals surface area contributed by atoms with Crippen LogP contribution in [-0.4, -0.2) is 23.5 Å². The topological polar surface area (TPSA) is 68.3 Å². The first kappa shape index (κ1) is 19.6. The molecule has 6 heteroatoms. The van der Waals surface area contributed by atoms with Gasteiger partial charge in [0.05, 0.1) is 21.1 Å². The second-order valence-electron chi connectivity index (χ2n) is 7.39. The standard InChI is InChI=1S/C23H24N2O3S/c26-21(24-14-16-8-2-1-3-9-16)15-28-23(27)18-11-5-4-10-17(18)22-25-19-12-6-7-13-20(19)29-22/h1-3,6-9,12-13,17-18H,4-5,10-11,14-15H2,(H,24,26)/t17-,18-/m0/s1. The van der Waals surface area contributed by atoms with Gasteiger partial charge in [0.2, 0.25) is 0 Å². The molecule has 0 spiro atoms. The number of thiazole rings is 1. The summed E-state index contributed by atoms with van der Waals surface area (Å²) in [4.78, 5) is 29.6. The largest absolute Gasteiger partial charge is 0.455 e. The highest BCUT2D eigenvalue weighted by Gasteiger charge is 2.35. The Morgan fingerprint density at radius 3 is 2.62 bits per heavy atom. The van der Waals surface area contributed by atoms with E-state index >= 15 is 0 Å². The predicted octanol–water partition coefficient (Wildman–Crippen LogP) is 4.43. The number of carbonyl (C=O) groups is 2. The third kappa shape index (κ3) is 4.82. The van der Waals surface area contributed by atoms with Crippen LogP contribution in [0.5, 0.6) is 0 Å². The normalized spacial score (nSPS) is 19.0. The summed E-state index contributed by atoms with van der Waals surface area (Å²) < 4.78 is 6.52. The van der Waals surface area contributed by atoms with Gasteiger partial charge >= 0.3 is 5.97 Å². The Kier molecular flexibility index (Phi) is 6.20. The maximum atomic E-state index is 12.8. The Hall–Kier alpha value is -2.73. The number of carbonyl (C=O) groups excluding carboxylic acids is 2. The molecule has 5 nitrogen and oxygen atoms in total. The van der Waals surface area contributed by atoms with Crippen molar-refractivity contribution in [3.63, 3.8) is 0 Å². The van der Waals surface area contributed by atoms with E-state index in [0.717, 1.165) is 46.5 Å². The predicted molar refractivity (Wildman–Crippen MR) is 114 cm³/mol. The van der Waals surface area contributed by atoms with Crippen LogP contribution < -0.4 is 5.32 Å². The van der Waals surface area contributed by atoms with Crippen molar-refractivity contribution < 1.29 is 14.3 Å². The van der Waals surface area contributed by atoms with Crippen molar-refractivity contribution in [1.29, 1.82) is 0 Å². The molecule has 0 unspecified atom stereocenters. The lowest BCUT2D eigenvalue weighted by atomic mass is 9.79. The number of ether oxygens (including phenoxy) is 1. The van der Waals surface area contributed by atoms with Crippen LogP contribution in [0.15, 0.2) is 54.6 Å². The molecule has 1 aromatic heterocycles. The highest BCUT2D eigenvalue weighted by molar-refractivity contribution is 7.18. The van der Waals surface area contributed by atoms with Crippen LogP contribution in [0.3, 0.4) is 0 Å². The molecule has 2 aromatic carbocycles. The number of hydrogen-bond acceptors (Lipinski definition) is 5. The van der Waals surface area contributed by atoms with E-state index in [1.54, 1.807) is 11.3 Å². The van der Waals surface area contributed by atoms with E-state index in [-0.39, 0.29) is 30.3 Å². The number of benzene rings is 2. The molecule has 1 N–H and O–H groups in total. The maximum absolute atomic E-state index is 12.8. The highest BCUT2D eigenvalue weighted by atomic mass is 32.1. The Morgan fingerprint density at radius 1 is 1.03 bits per heavy atom. The maximum Gasteiger partial charge on any atom is 0.310 e. The van der Waals surface area contributed by atoms with Crippen LogP contribution in [0.4, 0.5) is 0 Å². The van der Waals surface area contributed by atoms with Crippen molar-refractivity contribution in [2.24, 2.45) is 5.92 Å². The number of amides is 1. The fourth-order valence-corrected chi connectivity index (χ4v) is 5.02. The zero-order valence-corrected chi connectivity index (χ0v) is 17.0. The lowest BCUT2D eigenvalue weighted by Gasteiger charge is -2.28. The van der Waals surface area contributed by atoms with Crippen molar-refractivity contribution in [2.45, 2.75) is 38.1 Å². The Labute approximate surface area is 174 Å². The molecule has 0 bridgehead atoms. The minimum absolute atomic E-state index is 0.0704. The van der Waals surface area contributed by atoms with E-state index in [2.05, 4.69) is 11.4 Å². The molecule has 4 rings (SSSR count). The molecule has 1 aliphatic carbocycles. The van der Waals surface area contributed by atoms with Crippen LogP contribution >= 0.6 is 11.3 Å².